The summed E-state index contributed by atoms with van der Waals surface area (Å²) in [6.45, 7) is 7.99. The third-order valence-corrected chi connectivity index (χ3v) is 7.07. The molecule has 2 atom stereocenters. The molecule has 0 N–H and O–H groups in total. The van der Waals surface area contributed by atoms with Gasteiger partial charge in [-0.05, 0) is 36.0 Å². The van der Waals surface area contributed by atoms with Gasteiger partial charge in [0.1, 0.15) is 0 Å². The lowest BCUT2D eigenvalue weighted by Crippen LogP contribution is -2.51. The molecule has 1 aromatic carbocycles. The van der Waals surface area contributed by atoms with Crippen molar-refractivity contribution in [3.63, 3.8) is 0 Å². The summed E-state index contributed by atoms with van der Waals surface area (Å²) in [5.41, 5.74) is 1.13. The maximum absolute atomic E-state index is 12.8. The van der Waals surface area contributed by atoms with Crippen LogP contribution in [-0.2, 0) is 14.8 Å². The Morgan fingerprint density at radius 3 is 2.08 bits per heavy atom. The molecule has 1 saturated carbocycles. The minimum atomic E-state index is -3.47. The summed E-state index contributed by atoms with van der Waals surface area (Å²) in [6.07, 6.45) is 0.972. The second-order valence-electron chi connectivity index (χ2n) is 7.27. The maximum atomic E-state index is 12.8. The van der Waals surface area contributed by atoms with Gasteiger partial charge in [-0.3, -0.25) is 4.79 Å². The smallest absolute Gasteiger partial charge is 0.243 e. The van der Waals surface area contributed by atoms with E-state index in [0.717, 1.165) is 12.0 Å². The number of carbonyl (C=O) groups is 1. The zero-order valence-electron chi connectivity index (χ0n) is 14.6. The molecule has 1 aliphatic heterocycles. The minimum absolute atomic E-state index is 0.164. The quantitative estimate of drug-likeness (QED) is 0.837. The first-order valence-electron chi connectivity index (χ1n) is 8.69. The molecule has 6 heteroatoms. The number of nitrogens with zero attached hydrogens (tertiary/aromatic N) is 2. The Bertz CT molecular complexity index is 704. The van der Waals surface area contributed by atoms with Crippen molar-refractivity contribution in [1.82, 2.24) is 9.21 Å². The summed E-state index contributed by atoms with van der Waals surface area (Å²) in [5, 5.41) is 0. The predicted octanol–water partition coefficient (Wildman–Crippen LogP) is 2.30. The fourth-order valence-electron chi connectivity index (χ4n) is 3.22. The Labute approximate surface area is 144 Å². The van der Waals surface area contributed by atoms with Crippen molar-refractivity contribution in [2.24, 2.45) is 11.8 Å². The molecule has 1 aromatic rings. The van der Waals surface area contributed by atoms with E-state index in [9.17, 15) is 13.2 Å². The van der Waals surface area contributed by atoms with Gasteiger partial charge in [0, 0.05) is 32.1 Å². The van der Waals surface area contributed by atoms with Crippen LogP contribution in [0.5, 0.6) is 0 Å². The molecule has 0 unspecified atom stereocenters. The predicted molar refractivity (Wildman–Crippen MR) is 93.1 cm³/mol. The van der Waals surface area contributed by atoms with E-state index in [1.165, 1.54) is 4.31 Å². The van der Waals surface area contributed by atoms with Gasteiger partial charge >= 0.3 is 0 Å². The molecule has 1 saturated heterocycles. The first kappa shape index (κ1) is 17.4. The van der Waals surface area contributed by atoms with Gasteiger partial charge in [-0.15, -0.1) is 0 Å². The Morgan fingerprint density at radius 1 is 1.08 bits per heavy atom. The third-order valence-electron chi connectivity index (χ3n) is 5.16. The Hall–Kier alpha value is -1.40. The summed E-state index contributed by atoms with van der Waals surface area (Å²) in [4.78, 5) is 14.4. The molecule has 132 valence electrons. The molecule has 5 nitrogen and oxygen atoms in total. The van der Waals surface area contributed by atoms with Gasteiger partial charge in [-0.25, -0.2) is 8.42 Å². The van der Waals surface area contributed by atoms with E-state index in [0.29, 0.717) is 42.9 Å². The average Bonchev–Trinajstić information content (AvgIpc) is 3.31. The van der Waals surface area contributed by atoms with Gasteiger partial charge in [0.25, 0.3) is 0 Å². The van der Waals surface area contributed by atoms with Crippen LogP contribution >= 0.6 is 0 Å². The molecule has 0 bridgehead atoms. The lowest BCUT2D eigenvalue weighted by atomic mass is 10.0. The van der Waals surface area contributed by atoms with Crippen LogP contribution in [0.15, 0.2) is 29.2 Å². The van der Waals surface area contributed by atoms with Crippen LogP contribution in [0.4, 0.5) is 0 Å². The molecule has 0 radical (unpaired) electrons. The van der Waals surface area contributed by atoms with Crippen LogP contribution in [0.3, 0.4) is 0 Å². The van der Waals surface area contributed by atoms with Crippen LogP contribution in [0.25, 0.3) is 0 Å². The van der Waals surface area contributed by atoms with Crippen LogP contribution in [0.2, 0.25) is 0 Å². The van der Waals surface area contributed by atoms with Crippen LogP contribution in [-0.4, -0.2) is 49.7 Å². The van der Waals surface area contributed by atoms with Crippen LogP contribution in [0.1, 0.15) is 38.7 Å². The number of benzene rings is 1. The van der Waals surface area contributed by atoms with Crippen molar-refractivity contribution in [2.45, 2.75) is 38.0 Å². The van der Waals surface area contributed by atoms with Gasteiger partial charge in [-0.1, -0.05) is 32.9 Å². The second kappa shape index (κ2) is 6.48. The zero-order valence-corrected chi connectivity index (χ0v) is 15.4. The number of hydrogen-bond acceptors (Lipinski definition) is 3. The first-order chi connectivity index (χ1) is 11.3. The number of piperazine rings is 1. The van der Waals surface area contributed by atoms with Gasteiger partial charge in [0.05, 0.1) is 4.90 Å². The van der Waals surface area contributed by atoms with Crippen LogP contribution in [0, 0.1) is 11.8 Å². The Kier molecular flexibility index (Phi) is 4.71. The monoisotopic (exact) mass is 350 g/mol. The number of carbonyl (C=O) groups excluding carboxylic acids is 1. The maximum Gasteiger partial charge on any atom is 0.243 e. The molecule has 0 spiro atoms. The van der Waals surface area contributed by atoms with Crippen molar-refractivity contribution in [2.75, 3.05) is 26.2 Å². The highest BCUT2D eigenvalue weighted by molar-refractivity contribution is 7.89. The lowest BCUT2D eigenvalue weighted by Gasteiger charge is -2.34. The fraction of sp³-hybridized carbons (Fsp3) is 0.611. The molecule has 1 aliphatic carbocycles. The van der Waals surface area contributed by atoms with E-state index in [2.05, 4.69) is 20.8 Å². The highest BCUT2D eigenvalue weighted by atomic mass is 32.2. The van der Waals surface area contributed by atoms with Crippen LogP contribution < -0.4 is 0 Å². The largest absolute Gasteiger partial charge is 0.340 e. The van der Waals surface area contributed by atoms with E-state index in [-0.39, 0.29) is 11.8 Å². The van der Waals surface area contributed by atoms with Crippen molar-refractivity contribution < 1.29 is 13.2 Å². The van der Waals surface area contributed by atoms with Gasteiger partial charge in [0.2, 0.25) is 15.9 Å². The standard InChI is InChI=1S/C18H26N2O3S/c1-13(2)15-4-6-16(7-5-15)24(22,23)20-10-8-19(9-11-20)18(21)17-12-14(17)3/h4-7,13-14,17H,8-12H2,1-3H3/t14-,17+/m0/s1. The molecule has 1 amide bonds. The third kappa shape index (κ3) is 3.35. The summed E-state index contributed by atoms with van der Waals surface area (Å²) in [6, 6.07) is 7.14. The summed E-state index contributed by atoms with van der Waals surface area (Å²) in [5.74, 6) is 1.22. The average molecular weight is 350 g/mol. The van der Waals surface area contributed by atoms with Crippen molar-refractivity contribution in [3.05, 3.63) is 29.8 Å². The fourth-order valence-corrected chi connectivity index (χ4v) is 4.65. The van der Waals surface area contributed by atoms with Gasteiger partial charge in [0.15, 0.2) is 0 Å². The highest BCUT2D eigenvalue weighted by Crippen LogP contribution is 2.39. The van der Waals surface area contributed by atoms with E-state index in [1.54, 1.807) is 12.1 Å². The number of rotatable bonds is 4. The van der Waals surface area contributed by atoms with Crippen molar-refractivity contribution in [3.8, 4) is 0 Å². The molecule has 1 heterocycles. The number of amides is 1. The lowest BCUT2D eigenvalue weighted by molar-refractivity contribution is -0.134. The zero-order chi connectivity index (χ0) is 17.5. The molecule has 3 rings (SSSR count). The van der Waals surface area contributed by atoms with Crippen molar-refractivity contribution in [1.29, 1.82) is 0 Å². The normalized spacial score (nSPS) is 25.1. The van der Waals surface area contributed by atoms with E-state index < -0.39 is 10.0 Å². The molecular weight excluding hydrogens is 324 g/mol. The molecular formula is C18H26N2O3S. The Morgan fingerprint density at radius 2 is 1.62 bits per heavy atom. The molecule has 2 aliphatic rings. The second-order valence-corrected chi connectivity index (χ2v) is 9.21. The topological polar surface area (TPSA) is 57.7 Å². The van der Waals surface area contributed by atoms with Crippen molar-refractivity contribution >= 4 is 15.9 Å². The molecule has 2 fully saturated rings. The molecule has 0 aromatic heterocycles. The van der Waals surface area contributed by atoms with Gasteiger partial charge in [-0.2, -0.15) is 4.31 Å². The van der Waals surface area contributed by atoms with E-state index >= 15 is 0 Å². The molecule has 24 heavy (non-hydrogen) atoms. The first-order valence-corrected chi connectivity index (χ1v) is 10.1. The highest BCUT2D eigenvalue weighted by Gasteiger charge is 2.42. The summed E-state index contributed by atoms with van der Waals surface area (Å²) < 4.78 is 27.0. The minimum Gasteiger partial charge on any atom is -0.340 e. The van der Waals surface area contributed by atoms with E-state index in [4.69, 9.17) is 0 Å². The number of sulfonamides is 1. The SMILES string of the molecule is CC(C)c1ccc(S(=O)(=O)N2CCN(C(=O)[C@@H]3C[C@@H]3C)CC2)cc1. The van der Waals surface area contributed by atoms with Gasteiger partial charge < -0.3 is 4.90 Å². The van der Waals surface area contributed by atoms with E-state index in [1.807, 2.05) is 17.0 Å². The summed E-state index contributed by atoms with van der Waals surface area (Å²) >= 11 is 0. The number of hydrogen-bond donors (Lipinski definition) is 0. The Balaban J connectivity index is 1.65. The summed E-state index contributed by atoms with van der Waals surface area (Å²) in [7, 11) is -3.47.